The summed E-state index contributed by atoms with van der Waals surface area (Å²) in [6, 6.07) is 6.79. The molecule has 6 nitrogen and oxygen atoms in total. The van der Waals surface area contributed by atoms with Gasteiger partial charge in [-0.2, -0.15) is 0 Å². The van der Waals surface area contributed by atoms with Crippen LogP contribution < -0.4 is 10.2 Å². The molecule has 1 aromatic rings. The van der Waals surface area contributed by atoms with Crippen LogP contribution in [0.5, 0.6) is 0 Å². The summed E-state index contributed by atoms with van der Waals surface area (Å²) in [5.74, 6) is -0.530. The first-order valence-corrected chi connectivity index (χ1v) is 6.91. The van der Waals surface area contributed by atoms with E-state index in [1.165, 1.54) is 7.11 Å². The minimum Gasteiger partial charge on any atom is -0.467 e. The molecule has 1 atom stereocenters. The summed E-state index contributed by atoms with van der Waals surface area (Å²) in [6.45, 7) is 1.59. The van der Waals surface area contributed by atoms with E-state index < -0.39 is 6.04 Å². The van der Waals surface area contributed by atoms with E-state index >= 15 is 0 Å². The number of nitrogens with zero attached hydrogens (tertiary/aromatic N) is 2. The number of carbonyl (C=O) groups is 2. The lowest BCUT2D eigenvalue weighted by atomic mass is 10.1. The average Bonchev–Trinajstić information content (AvgIpc) is 2.53. The van der Waals surface area contributed by atoms with E-state index in [1.807, 2.05) is 31.1 Å². The average molecular weight is 291 g/mol. The van der Waals surface area contributed by atoms with Crippen LogP contribution in [0.3, 0.4) is 0 Å². The largest absolute Gasteiger partial charge is 0.467 e. The Morgan fingerprint density at radius 3 is 2.52 bits per heavy atom. The lowest BCUT2D eigenvalue weighted by molar-refractivity contribution is -0.146. The van der Waals surface area contributed by atoms with Crippen molar-refractivity contribution >= 4 is 17.6 Å². The lowest BCUT2D eigenvalue weighted by Gasteiger charge is -2.34. The molecule has 1 saturated heterocycles. The predicted octanol–water partition coefficient (Wildman–Crippen LogP) is 0.340. The summed E-state index contributed by atoms with van der Waals surface area (Å²) >= 11 is 0. The quantitative estimate of drug-likeness (QED) is 0.814. The monoisotopic (exact) mass is 291 g/mol. The molecule has 1 unspecified atom stereocenters. The van der Waals surface area contributed by atoms with E-state index in [1.54, 1.807) is 17.0 Å². The van der Waals surface area contributed by atoms with Crippen LogP contribution in [0.4, 0.5) is 5.69 Å². The molecule has 1 aliphatic rings. The molecule has 6 heteroatoms. The standard InChI is InChI=1S/C15H21N3O3/c1-17(2)12-6-4-11(5-7-12)14(19)18-9-8-16-10-13(18)15(20)21-3/h4-7,13,16H,8-10H2,1-3H3. The number of nitrogens with one attached hydrogen (secondary N) is 1. The maximum absolute atomic E-state index is 12.6. The second kappa shape index (κ2) is 6.58. The van der Waals surface area contributed by atoms with Crippen molar-refractivity contribution < 1.29 is 14.3 Å². The fourth-order valence-electron chi connectivity index (χ4n) is 2.36. The summed E-state index contributed by atoms with van der Waals surface area (Å²) in [4.78, 5) is 27.9. The molecule has 0 bridgehead atoms. The maximum Gasteiger partial charge on any atom is 0.329 e. The molecule has 1 fully saturated rings. The zero-order chi connectivity index (χ0) is 15.4. The van der Waals surface area contributed by atoms with Gasteiger partial charge in [0.15, 0.2) is 0 Å². The molecule has 21 heavy (non-hydrogen) atoms. The number of ether oxygens (including phenoxy) is 1. The number of hydrogen-bond acceptors (Lipinski definition) is 5. The summed E-state index contributed by atoms with van der Waals surface area (Å²) in [7, 11) is 5.23. The highest BCUT2D eigenvalue weighted by molar-refractivity contribution is 5.97. The van der Waals surface area contributed by atoms with Crippen molar-refractivity contribution in [2.75, 3.05) is 45.7 Å². The van der Waals surface area contributed by atoms with Gasteiger partial charge in [0.2, 0.25) is 0 Å². The molecule has 1 aromatic carbocycles. The lowest BCUT2D eigenvalue weighted by Crippen LogP contribution is -2.57. The molecule has 114 valence electrons. The van der Waals surface area contributed by atoms with E-state index in [2.05, 4.69) is 5.32 Å². The van der Waals surface area contributed by atoms with Crippen molar-refractivity contribution in [1.82, 2.24) is 10.2 Å². The van der Waals surface area contributed by atoms with Crippen molar-refractivity contribution in [3.63, 3.8) is 0 Å². The van der Waals surface area contributed by atoms with Crippen molar-refractivity contribution in [3.8, 4) is 0 Å². The van der Waals surface area contributed by atoms with Gasteiger partial charge in [-0.3, -0.25) is 4.79 Å². The summed E-state index contributed by atoms with van der Waals surface area (Å²) in [6.07, 6.45) is 0. The molecule has 1 amide bonds. The predicted molar refractivity (Wildman–Crippen MR) is 80.5 cm³/mol. The van der Waals surface area contributed by atoms with Crippen molar-refractivity contribution in [1.29, 1.82) is 0 Å². The molecule has 0 saturated carbocycles. The molecule has 0 aromatic heterocycles. The van der Waals surface area contributed by atoms with Gasteiger partial charge in [-0.15, -0.1) is 0 Å². The van der Waals surface area contributed by atoms with Crippen molar-refractivity contribution in [2.24, 2.45) is 0 Å². The highest BCUT2D eigenvalue weighted by Crippen LogP contribution is 2.16. The van der Waals surface area contributed by atoms with Crippen LogP contribution in [-0.4, -0.2) is 63.7 Å². The number of hydrogen-bond donors (Lipinski definition) is 1. The third kappa shape index (κ3) is 3.33. The van der Waals surface area contributed by atoms with Crippen molar-refractivity contribution in [2.45, 2.75) is 6.04 Å². The molecule has 1 aliphatic heterocycles. The van der Waals surface area contributed by atoms with Crippen LogP contribution in [-0.2, 0) is 9.53 Å². The Kier molecular flexibility index (Phi) is 4.80. The Morgan fingerprint density at radius 2 is 1.95 bits per heavy atom. The first-order chi connectivity index (χ1) is 10.0. The van der Waals surface area contributed by atoms with Gasteiger partial charge in [-0.25, -0.2) is 4.79 Å². The Labute approximate surface area is 124 Å². The zero-order valence-electron chi connectivity index (χ0n) is 12.6. The number of rotatable bonds is 3. The van der Waals surface area contributed by atoms with Gasteiger partial charge in [-0.05, 0) is 24.3 Å². The summed E-state index contributed by atoms with van der Waals surface area (Å²) < 4.78 is 4.78. The van der Waals surface area contributed by atoms with E-state index in [0.29, 0.717) is 25.2 Å². The van der Waals surface area contributed by atoms with Gasteiger partial charge in [0, 0.05) is 45.0 Å². The molecule has 2 rings (SSSR count). The molecule has 0 radical (unpaired) electrons. The molecule has 0 spiro atoms. The van der Waals surface area contributed by atoms with E-state index in [9.17, 15) is 9.59 Å². The van der Waals surface area contributed by atoms with E-state index in [4.69, 9.17) is 4.74 Å². The number of anilines is 1. The van der Waals surface area contributed by atoms with Crippen LogP contribution in [0, 0.1) is 0 Å². The molecular weight excluding hydrogens is 270 g/mol. The third-order valence-electron chi connectivity index (χ3n) is 3.61. The van der Waals surface area contributed by atoms with Gasteiger partial charge >= 0.3 is 5.97 Å². The molecule has 1 N–H and O–H groups in total. The number of amides is 1. The van der Waals surface area contributed by atoms with Crippen LogP contribution in [0.2, 0.25) is 0 Å². The van der Waals surface area contributed by atoms with Crippen LogP contribution in [0.15, 0.2) is 24.3 Å². The normalized spacial score (nSPS) is 18.2. The topological polar surface area (TPSA) is 61.9 Å². The highest BCUT2D eigenvalue weighted by Gasteiger charge is 2.33. The molecule has 1 heterocycles. The number of piperazine rings is 1. The Balaban J connectivity index is 2.18. The van der Waals surface area contributed by atoms with Crippen LogP contribution in [0.1, 0.15) is 10.4 Å². The minimum atomic E-state index is -0.565. The Bertz CT molecular complexity index is 513. The summed E-state index contributed by atoms with van der Waals surface area (Å²) in [5.41, 5.74) is 1.60. The Morgan fingerprint density at radius 1 is 1.29 bits per heavy atom. The van der Waals surface area contributed by atoms with Gasteiger partial charge < -0.3 is 19.9 Å². The van der Waals surface area contributed by atoms with Gasteiger partial charge in [0.1, 0.15) is 6.04 Å². The fourth-order valence-corrected chi connectivity index (χ4v) is 2.36. The van der Waals surface area contributed by atoms with Crippen LogP contribution >= 0.6 is 0 Å². The first kappa shape index (κ1) is 15.3. The van der Waals surface area contributed by atoms with Crippen molar-refractivity contribution in [3.05, 3.63) is 29.8 Å². The van der Waals surface area contributed by atoms with Gasteiger partial charge in [0.05, 0.1) is 7.11 Å². The number of esters is 1. The first-order valence-electron chi connectivity index (χ1n) is 6.91. The highest BCUT2D eigenvalue weighted by atomic mass is 16.5. The summed E-state index contributed by atoms with van der Waals surface area (Å²) in [5, 5.41) is 3.11. The second-order valence-electron chi connectivity index (χ2n) is 5.18. The molecule has 0 aliphatic carbocycles. The third-order valence-corrected chi connectivity index (χ3v) is 3.61. The second-order valence-corrected chi connectivity index (χ2v) is 5.18. The smallest absolute Gasteiger partial charge is 0.329 e. The number of carbonyl (C=O) groups excluding carboxylic acids is 2. The maximum atomic E-state index is 12.6. The SMILES string of the molecule is COC(=O)C1CNCCN1C(=O)c1ccc(N(C)C)cc1. The molecular formula is C15H21N3O3. The zero-order valence-corrected chi connectivity index (χ0v) is 12.6. The fraction of sp³-hybridized carbons (Fsp3) is 0.467. The van der Waals surface area contributed by atoms with Gasteiger partial charge in [0.25, 0.3) is 5.91 Å². The van der Waals surface area contributed by atoms with Crippen LogP contribution in [0.25, 0.3) is 0 Å². The van der Waals surface area contributed by atoms with E-state index in [-0.39, 0.29) is 11.9 Å². The van der Waals surface area contributed by atoms with E-state index in [0.717, 1.165) is 5.69 Å². The minimum absolute atomic E-state index is 0.141. The van der Waals surface area contributed by atoms with Gasteiger partial charge in [-0.1, -0.05) is 0 Å². The number of methoxy groups -OCH3 is 1. The number of benzene rings is 1. The Hall–Kier alpha value is -2.08.